The maximum absolute atomic E-state index is 11.7. The van der Waals surface area contributed by atoms with Crippen LogP contribution < -0.4 is 20.1 Å². The highest BCUT2D eigenvalue weighted by atomic mass is 32.1. The maximum atomic E-state index is 11.7. The third-order valence-electron chi connectivity index (χ3n) is 3.25. The molecule has 144 valence electrons. The summed E-state index contributed by atoms with van der Waals surface area (Å²) in [5, 5.41) is 6.75. The summed E-state index contributed by atoms with van der Waals surface area (Å²) in [5.41, 5.74) is 0. The monoisotopic (exact) mass is 392 g/mol. The van der Waals surface area contributed by atoms with E-state index in [1.165, 1.54) is 11.3 Å². The van der Waals surface area contributed by atoms with Crippen molar-refractivity contribution in [3.8, 4) is 11.5 Å². The Morgan fingerprint density at radius 2 is 1.81 bits per heavy atom. The van der Waals surface area contributed by atoms with Gasteiger partial charge >= 0.3 is 5.97 Å². The van der Waals surface area contributed by atoms with Gasteiger partial charge in [-0.2, -0.15) is 0 Å². The lowest BCUT2D eigenvalue weighted by Gasteiger charge is -2.11. The van der Waals surface area contributed by atoms with Crippen molar-refractivity contribution in [2.24, 2.45) is 0 Å². The molecular weight excluding hydrogens is 372 g/mol. The number of rotatable bonds is 10. The van der Waals surface area contributed by atoms with Crippen LogP contribution in [0, 0.1) is 0 Å². The van der Waals surface area contributed by atoms with Crippen molar-refractivity contribution in [3.63, 3.8) is 0 Å². The molecule has 0 atom stereocenters. The molecule has 2 aromatic rings. The Morgan fingerprint density at radius 1 is 1.04 bits per heavy atom. The Balaban J connectivity index is 1.57. The number of methoxy groups -OCH3 is 1. The minimum absolute atomic E-state index is 0.233. The highest BCUT2D eigenvalue weighted by molar-refractivity contribution is 7.12. The minimum atomic E-state index is -0.694. The molecule has 2 rings (SSSR count). The molecule has 0 unspecified atom stereocenters. The topological polar surface area (TPSA) is 103 Å². The van der Waals surface area contributed by atoms with E-state index in [0.29, 0.717) is 16.4 Å². The zero-order chi connectivity index (χ0) is 19.5. The smallest absolute Gasteiger partial charge is 0.325 e. The van der Waals surface area contributed by atoms with E-state index in [2.05, 4.69) is 10.6 Å². The number of esters is 1. The molecule has 1 aromatic carbocycles. The van der Waals surface area contributed by atoms with Gasteiger partial charge < -0.3 is 24.8 Å². The van der Waals surface area contributed by atoms with Crippen LogP contribution in [-0.4, -0.2) is 51.2 Å². The summed E-state index contributed by atoms with van der Waals surface area (Å²) in [6.07, 6.45) is 0. The first-order valence-electron chi connectivity index (χ1n) is 8.10. The SMILES string of the molecule is COc1ccccc1OCCNC(=O)COC(=O)CNC(=O)c1cccs1. The maximum Gasteiger partial charge on any atom is 0.325 e. The molecule has 27 heavy (non-hydrogen) atoms. The van der Waals surface area contributed by atoms with Gasteiger partial charge in [0.05, 0.1) is 18.5 Å². The summed E-state index contributed by atoms with van der Waals surface area (Å²) in [6, 6.07) is 10.5. The normalized spacial score (nSPS) is 9.96. The number of nitrogens with one attached hydrogen (secondary N) is 2. The van der Waals surface area contributed by atoms with E-state index in [1.54, 1.807) is 36.8 Å². The molecule has 0 aliphatic carbocycles. The number of hydrogen-bond donors (Lipinski definition) is 2. The zero-order valence-electron chi connectivity index (χ0n) is 14.7. The molecule has 1 aromatic heterocycles. The molecule has 1 heterocycles. The van der Waals surface area contributed by atoms with E-state index in [1.807, 2.05) is 12.1 Å². The molecule has 8 nitrogen and oxygen atoms in total. The van der Waals surface area contributed by atoms with Gasteiger partial charge in [-0.05, 0) is 23.6 Å². The highest BCUT2D eigenvalue weighted by Crippen LogP contribution is 2.25. The molecule has 0 saturated carbocycles. The lowest BCUT2D eigenvalue weighted by Crippen LogP contribution is -2.35. The fraction of sp³-hybridized carbons (Fsp3) is 0.278. The van der Waals surface area contributed by atoms with Crippen LogP contribution in [0.15, 0.2) is 41.8 Å². The van der Waals surface area contributed by atoms with E-state index in [-0.39, 0.29) is 25.6 Å². The van der Waals surface area contributed by atoms with Crippen molar-refractivity contribution in [2.75, 3.05) is 33.4 Å². The zero-order valence-corrected chi connectivity index (χ0v) is 15.5. The lowest BCUT2D eigenvalue weighted by molar-refractivity contribution is -0.147. The number of benzene rings is 1. The Labute approximate surface area is 160 Å². The van der Waals surface area contributed by atoms with Gasteiger partial charge in [0.25, 0.3) is 11.8 Å². The summed E-state index contributed by atoms with van der Waals surface area (Å²) in [6.45, 7) is -0.260. The van der Waals surface area contributed by atoms with Gasteiger partial charge in [-0.15, -0.1) is 11.3 Å². The van der Waals surface area contributed by atoms with Crippen LogP contribution in [0.4, 0.5) is 0 Å². The number of carbonyl (C=O) groups excluding carboxylic acids is 3. The van der Waals surface area contributed by atoms with Crippen LogP contribution in [0.3, 0.4) is 0 Å². The summed E-state index contributed by atoms with van der Waals surface area (Å²) >= 11 is 1.26. The van der Waals surface area contributed by atoms with E-state index < -0.39 is 18.5 Å². The average Bonchev–Trinajstić information content (AvgIpc) is 3.23. The molecule has 0 spiro atoms. The van der Waals surface area contributed by atoms with Crippen LogP contribution in [0.2, 0.25) is 0 Å². The Bertz CT molecular complexity index is 763. The molecule has 0 fully saturated rings. The van der Waals surface area contributed by atoms with E-state index in [9.17, 15) is 14.4 Å². The highest BCUT2D eigenvalue weighted by Gasteiger charge is 2.11. The van der Waals surface area contributed by atoms with Gasteiger partial charge in [-0.25, -0.2) is 0 Å². The van der Waals surface area contributed by atoms with Gasteiger partial charge in [0.1, 0.15) is 13.2 Å². The van der Waals surface area contributed by atoms with Gasteiger partial charge in [0.2, 0.25) is 0 Å². The van der Waals surface area contributed by atoms with Crippen LogP contribution in [-0.2, 0) is 14.3 Å². The second-order valence-electron chi connectivity index (χ2n) is 5.17. The van der Waals surface area contributed by atoms with E-state index in [4.69, 9.17) is 14.2 Å². The number of carbonyl (C=O) groups is 3. The van der Waals surface area contributed by atoms with Crippen LogP contribution in [0.5, 0.6) is 11.5 Å². The van der Waals surface area contributed by atoms with Crippen molar-refractivity contribution in [2.45, 2.75) is 0 Å². The fourth-order valence-electron chi connectivity index (χ4n) is 1.98. The lowest BCUT2D eigenvalue weighted by atomic mass is 10.3. The first kappa shape index (κ1) is 20.2. The molecule has 0 aliphatic rings. The average molecular weight is 392 g/mol. The summed E-state index contributed by atoms with van der Waals surface area (Å²) in [5.74, 6) is -0.346. The standard InChI is InChI=1S/C18H20N2O6S/c1-24-13-5-2-3-6-14(13)25-9-8-19-16(21)12-26-17(22)11-20-18(23)15-7-4-10-27-15/h2-7,10H,8-9,11-12H2,1H3,(H,19,21)(H,20,23). The second-order valence-corrected chi connectivity index (χ2v) is 6.12. The summed E-state index contributed by atoms with van der Waals surface area (Å²) in [4.78, 5) is 35.4. The van der Waals surface area contributed by atoms with Crippen molar-refractivity contribution in [3.05, 3.63) is 46.7 Å². The molecule has 0 saturated heterocycles. The minimum Gasteiger partial charge on any atom is -0.493 e. The molecule has 2 amide bonds. The Kier molecular flexibility index (Phi) is 8.11. The van der Waals surface area contributed by atoms with E-state index in [0.717, 1.165) is 0 Å². The quantitative estimate of drug-likeness (QED) is 0.466. The number of ether oxygens (including phenoxy) is 3. The number of hydrogen-bond acceptors (Lipinski definition) is 7. The molecule has 9 heteroatoms. The third kappa shape index (κ3) is 6.98. The largest absolute Gasteiger partial charge is 0.493 e. The fourth-order valence-corrected chi connectivity index (χ4v) is 2.62. The predicted octanol–water partition coefficient (Wildman–Crippen LogP) is 1.22. The van der Waals surface area contributed by atoms with Gasteiger partial charge in [-0.3, -0.25) is 14.4 Å². The molecule has 0 aliphatic heterocycles. The summed E-state index contributed by atoms with van der Waals surface area (Å²) < 4.78 is 15.5. The van der Waals surface area contributed by atoms with Crippen LogP contribution in [0.1, 0.15) is 9.67 Å². The number of thiophene rings is 1. The van der Waals surface area contributed by atoms with Gasteiger partial charge in [-0.1, -0.05) is 18.2 Å². The third-order valence-corrected chi connectivity index (χ3v) is 4.12. The molecule has 2 N–H and O–H groups in total. The molecule has 0 radical (unpaired) electrons. The molecule has 0 bridgehead atoms. The van der Waals surface area contributed by atoms with Crippen molar-refractivity contribution in [1.82, 2.24) is 10.6 Å². The van der Waals surface area contributed by atoms with Crippen molar-refractivity contribution >= 4 is 29.1 Å². The predicted molar refractivity (Wildman–Crippen MR) is 99.1 cm³/mol. The van der Waals surface area contributed by atoms with Crippen LogP contribution >= 0.6 is 11.3 Å². The van der Waals surface area contributed by atoms with Crippen LogP contribution in [0.25, 0.3) is 0 Å². The van der Waals surface area contributed by atoms with Crippen molar-refractivity contribution in [1.29, 1.82) is 0 Å². The van der Waals surface area contributed by atoms with E-state index >= 15 is 0 Å². The number of para-hydroxylation sites is 2. The second kappa shape index (κ2) is 10.8. The van der Waals surface area contributed by atoms with Crippen molar-refractivity contribution < 1.29 is 28.6 Å². The van der Waals surface area contributed by atoms with Gasteiger partial charge in [0.15, 0.2) is 18.1 Å². The molecular formula is C18H20N2O6S. The Morgan fingerprint density at radius 3 is 2.52 bits per heavy atom. The first-order valence-corrected chi connectivity index (χ1v) is 8.98. The number of amides is 2. The summed E-state index contributed by atoms with van der Waals surface area (Å²) in [7, 11) is 1.54. The Hall–Kier alpha value is -3.07. The first-order chi connectivity index (χ1) is 13.1. The van der Waals surface area contributed by atoms with Gasteiger partial charge in [0, 0.05) is 0 Å².